The first-order chi connectivity index (χ1) is 10.3. The Bertz CT molecular complexity index is 352. The van der Waals surface area contributed by atoms with Crippen LogP contribution in [0.4, 0.5) is 0 Å². The Kier molecular flexibility index (Phi) is 5.72. The van der Waals surface area contributed by atoms with E-state index in [0.29, 0.717) is 0 Å². The van der Waals surface area contributed by atoms with Gasteiger partial charge in [-0.25, -0.2) is 0 Å². The first-order valence-corrected chi connectivity index (χ1v) is 6.93. The first kappa shape index (κ1) is 17.9. The van der Waals surface area contributed by atoms with Crippen LogP contribution in [0.1, 0.15) is 6.92 Å². The van der Waals surface area contributed by atoms with Crippen LogP contribution in [0, 0.1) is 0 Å². The van der Waals surface area contributed by atoms with Crippen LogP contribution in [0.3, 0.4) is 0 Å². The Labute approximate surface area is 126 Å². The summed E-state index contributed by atoms with van der Waals surface area (Å²) in [6.07, 6.45) is -14.3. The van der Waals surface area contributed by atoms with E-state index in [4.69, 9.17) is 19.3 Å². The van der Waals surface area contributed by atoms with Crippen LogP contribution in [0.25, 0.3) is 0 Å². The van der Waals surface area contributed by atoms with Crippen LogP contribution in [0.15, 0.2) is 0 Å². The summed E-state index contributed by atoms with van der Waals surface area (Å²) in [6, 6.07) is 0. The van der Waals surface area contributed by atoms with Crippen molar-refractivity contribution in [3.8, 4) is 0 Å². The predicted molar refractivity (Wildman–Crippen MR) is 67.2 cm³/mol. The van der Waals surface area contributed by atoms with Crippen molar-refractivity contribution < 1.29 is 50.0 Å². The molecular formula is C12H22O10. The molecule has 0 aromatic carbocycles. The van der Waals surface area contributed by atoms with E-state index in [1.54, 1.807) is 0 Å². The SMILES string of the molecule is C[C@@H]1O[C@@H](O)[C@H](O)[C@H](O[C@@H]2O[C@@H](CO)[C@@H](O)[C@@H](O)[C@@H]2O)[C@H]1O. The Morgan fingerprint density at radius 1 is 0.818 bits per heavy atom. The molecule has 10 nitrogen and oxygen atoms in total. The van der Waals surface area contributed by atoms with Crippen LogP contribution in [-0.2, 0) is 14.2 Å². The van der Waals surface area contributed by atoms with Crippen molar-refractivity contribution in [1.82, 2.24) is 0 Å². The molecule has 2 aliphatic rings. The van der Waals surface area contributed by atoms with E-state index in [9.17, 15) is 30.6 Å². The summed E-state index contributed by atoms with van der Waals surface area (Å²) in [5.74, 6) is 0. The number of aliphatic hydroxyl groups excluding tert-OH is 7. The van der Waals surface area contributed by atoms with Gasteiger partial charge in [-0.15, -0.1) is 0 Å². The maximum atomic E-state index is 9.96. The Hall–Kier alpha value is -0.400. The minimum absolute atomic E-state index is 0.636. The van der Waals surface area contributed by atoms with Gasteiger partial charge < -0.3 is 50.0 Å². The van der Waals surface area contributed by atoms with Gasteiger partial charge in [0.05, 0.1) is 12.7 Å². The quantitative estimate of drug-likeness (QED) is 0.269. The molecular weight excluding hydrogens is 304 g/mol. The smallest absolute Gasteiger partial charge is 0.187 e. The lowest BCUT2D eigenvalue weighted by atomic mass is 9.97. The summed E-state index contributed by atoms with van der Waals surface area (Å²) in [5.41, 5.74) is 0. The van der Waals surface area contributed by atoms with E-state index in [0.717, 1.165) is 0 Å². The molecule has 0 spiro atoms. The monoisotopic (exact) mass is 326 g/mol. The van der Waals surface area contributed by atoms with E-state index in [1.165, 1.54) is 6.92 Å². The molecule has 130 valence electrons. The molecule has 7 N–H and O–H groups in total. The molecule has 22 heavy (non-hydrogen) atoms. The summed E-state index contributed by atoms with van der Waals surface area (Å²) >= 11 is 0. The van der Waals surface area contributed by atoms with Crippen molar-refractivity contribution in [3.05, 3.63) is 0 Å². The van der Waals surface area contributed by atoms with Gasteiger partial charge in [0, 0.05) is 0 Å². The predicted octanol–water partition coefficient (Wildman–Crippen LogP) is -4.37. The third kappa shape index (κ3) is 3.26. The fraction of sp³-hybridized carbons (Fsp3) is 1.00. The lowest BCUT2D eigenvalue weighted by Gasteiger charge is -2.44. The Morgan fingerprint density at radius 3 is 2.05 bits per heavy atom. The molecule has 0 saturated carbocycles. The van der Waals surface area contributed by atoms with Gasteiger partial charge in [-0.1, -0.05) is 0 Å². The highest BCUT2D eigenvalue weighted by atomic mass is 16.7. The van der Waals surface area contributed by atoms with Crippen molar-refractivity contribution in [2.75, 3.05) is 6.61 Å². The summed E-state index contributed by atoms with van der Waals surface area (Å²) in [4.78, 5) is 0. The second-order valence-corrected chi connectivity index (χ2v) is 5.51. The van der Waals surface area contributed by atoms with E-state index in [2.05, 4.69) is 0 Å². The normalized spacial score (nSPS) is 53.5. The molecule has 2 heterocycles. The van der Waals surface area contributed by atoms with Crippen LogP contribution < -0.4 is 0 Å². The third-order valence-electron chi connectivity index (χ3n) is 3.94. The van der Waals surface area contributed by atoms with Gasteiger partial charge in [0.25, 0.3) is 0 Å². The minimum atomic E-state index is -1.67. The van der Waals surface area contributed by atoms with Crippen LogP contribution >= 0.6 is 0 Å². The molecule has 10 heteroatoms. The fourth-order valence-electron chi connectivity index (χ4n) is 2.51. The highest BCUT2D eigenvalue weighted by Gasteiger charge is 2.49. The number of ether oxygens (including phenoxy) is 3. The Morgan fingerprint density at radius 2 is 1.45 bits per heavy atom. The topological polar surface area (TPSA) is 169 Å². The third-order valence-corrected chi connectivity index (χ3v) is 3.94. The fourth-order valence-corrected chi connectivity index (χ4v) is 2.51. The zero-order chi connectivity index (χ0) is 16.6. The summed E-state index contributed by atoms with van der Waals surface area (Å²) < 4.78 is 15.3. The van der Waals surface area contributed by atoms with Crippen molar-refractivity contribution in [2.24, 2.45) is 0 Å². The maximum Gasteiger partial charge on any atom is 0.187 e. The summed E-state index contributed by atoms with van der Waals surface area (Å²) in [6.45, 7) is 0.812. The molecule has 0 amide bonds. The average molecular weight is 326 g/mol. The molecule has 2 fully saturated rings. The number of hydrogen-bond donors (Lipinski definition) is 7. The van der Waals surface area contributed by atoms with E-state index >= 15 is 0 Å². The van der Waals surface area contributed by atoms with Gasteiger partial charge in [0.1, 0.15) is 42.7 Å². The van der Waals surface area contributed by atoms with Gasteiger partial charge in [-0.05, 0) is 6.92 Å². The Balaban J connectivity index is 2.10. The molecule has 0 aliphatic carbocycles. The second-order valence-electron chi connectivity index (χ2n) is 5.51. The molecule has 0 aromatic heterocycles. The summed E-state index contributed by atoms with van der Waals surface area (Å²) in [5, 5.41) is 67.6. The van der Waals surface area contributed by atoms with Crippen LogP contribution in [0.2, 0.25) is 0 Å². The van der Waals surface area contributed by atoms with Gasteiger partial charge in [-0.3, -0.25) is 0 Å². The van der Waals surface area contributed by atoms with Gasteiger partial charge in [0.15, 0.2) is 12.6 Å². The minimum Gasteiger partial charge on any atom is -0.394 e. The highest BCUT2D eigenvalue weighted by Crippen LogP contribution is 2.28. The van der Waals surface area contributed by atoms with Gasteiger partial charge in [0.2, 0.25) is 0 Å². The molecule has 10 atom stereocenters. The van der Waals surface area contributed by atoms with Gasteiger partial charge in [-0.2, -0.15) is 0 Å². The highest BCUT2D eigenvalue weighted by molar-refractivity contribution is 4.92. The van der Waals surface area contributed by atoms with E-state index in [1.807, 2.05) is 0 Å². The molecule has 0 radical (unpaired) electrons. The standard InChI is InChI=1S/C12H22O10/c1-3-5(14)10(9(18)11(19)20-3)22-12-8(17)7(16)6(15)4(2-13)21-12/h3-19H,2H2,1H3/t3-,4-,5-,6+,7+,8-,9+,10+,11+,12-/m0/s1. The van der Waals surface area contributed by atoms with Crippen molar-refractivity contribution in [3.63, 3.8) is 0 Å². The lowest BCUT2D eigenvalue weighted by Crippen LogP contribution is -2.63. The molecule has 0 unspecified atom stereocenters. The van der Waals surface area contributed by atoms with Crippen molar-refractivity contribution >= 4 is 0 Å². The zero-order valence-corrected chi connectivity index (χ0v) is 11.8. The molecule has 2 saturated heterocycles. The van der Waals surface area contributed by atoms with Crippen LogP contribution in [-0.4, -0.2) is 104 Å². The maximum absolute atomic E-state index is 9.96. The van der Waals surface area contributed by atoms with Gasteiger partial charge >= 0.3 is 0 Å². The molecule has 2 aliphatic heterocycles. The average Bonchev–Trinajstić information content (AvgIpc) is 2.49. The molecule has 0 bridgehead atoms. The first-order valence-electron chi connectivity index (χ1n) is 6.93. The number of aliphatic hydroxyl groups is 7. The van der Waals surface area contributed by atoms with Crippen molar-refractivity contribution in [1.29, 1.82) is 0 Å². The lowest BCUT2D eigenvalue weighted by molar-refractivity contribution is -0.353. The summed E-state index contributed by atoms with van der Waals surface area (Å²) in [7, 11) is 0. The van der Waals surface area contributed by atoms with Crippen molar-refractivity contribution in [2.45, 2.75) is 68.3 Å². The second kappa shape index (κ2) is 7.01. The largest absolute Gasteiger partial charge is 0.394 e. The zero-order valence-electron chi connectivity index (χ0n) is 11.8. The molecule has 0 aromatic rings. The van der Waals surface area contributed by atoms with Crippen LogP contribution in [0.5, 0.6) is 0 Å². The number of hydrogen-bond acceptors (Lipinski definition) is 10. The van der Waals surface area contributed by atoms with E-state index in [-0.39, 0.29) is 0 Å². The van der Waals surface area contributed by atoms with E-state index < -0.39 is 68.0 Å². The molecule has 2 rings (SSSR count). The number of rotatable bonds is 3.